The largest absolute Gasteiger partial charge is 0.369 e. The first-order chi connectivity index (χ1) is 12.2. The summed E-state index contributed by atoms with van der Waals surface area (Å²) in [6.07, 6.45) is 2.95. The molecule has 0 fully saturated rings. The second-order valence-corrected chi connectivity index (χ2v) is 7.00. The van der Waals surface area contributed by atoms with Crippen LogP contribution in [0.3, 0.4) is 0 Å². The Balaban J connectivity index is 1.54. The molecule has 2 heterocycles. The molecule has 0 saturated heterocycles. The Morgan fingerprint density at radius 2 is 2.04 bits per heavy atom. The summed E-state index contributed by atoms with van der Waals surface area (Å²) in [4.78, 5) is 23.0. The molecule has 0 aliphatic carbocycles. The highest BCUT2D eigenvalue weighted by atomic mass is 32.1. The molecule has 6 heteroatoms. The number of hydrogen-bond acceptors (Lipinski definition) is 5. The molecule has 3 aromatic rings. The van der Waals surface area contributed by atoms with Crippen molar-refractivity contribution >= 4 is 33.3 Å². The fraction of sp³-hybridized carbons (Fsp3) is 0.316. The van der Waals surface area contributed by atoms with Gasteiger partial charge in [0.15, 0.2) is 0 Å². The van der Waals surface area contributed by atoms with E-state index in [4.69, 9.17) is 0 Å². The van der Waals surface area contributed by atoms with Gasteiger partial charge in [-0.1, -0.05) is 37.3 Å². The van der Waals surface area contributed by atoms with Crippen LogP contribution < -0.4 is 10.6 Å². The van der Waals surface area contributed by atoms with Gasteiger partial charge in [0.25, 0.3) is 0 Å². The summed E-state index contributed by atoms with van der Waals surface area (Å²) in [7, 11) is 0. The van der Waals surface area contributed by atoms with Gasteiger partial charge >= 0.3 is 0 Å². The lowest BCUT2D eigenvalue weighted by Gasteiger charge is -2.14. The van der Waals surface area contributed by atoms with Gasteiger partial charge in [-0.2, -0.15) is 0 Å². The van der Waals surface area contributed by atoms with Gasteiger partial charge in [-0.25, -0.2) is 9.97 Å². The van der Waals surface area contributed by atoms with Crippen molar-refractivity contribution in [1.29, 1.82) is 0 Å². The van der Waals surface area contributed by atoms with E-state index in [-0.39, 0.29) is 11.9 Å². The first-order valence-electron chi connectivity index (χ1n) is 8.49. The van der Waals surface area contributed by atoms with E-state index >= 15 is 0 Å². The minimum absolute atomic E-state index is 0.00319. The molecule has 0 saturated carbocycles. The van der Waals surface area contributed by atoms with Crippen LogP contribution in [-0.2, 0) is 11.2 Å². The molecule has 0 aliphatic heterocycles. The Hall–Kier alpha value is -2.47. The number of hydrogen-bond donors (Lipinski definition) is 2. The van der Waals surface area contributed by atoms with Crippen LogP contribution in [0.25, 0.3) is 10.2 Å². The highest BCUT2D eigenvalue weighted by Crippen LogP contribution is 2.28. The van der Waals surface area contributed by atoms with Gasteiger partial charge in [0.05, 0.1) is 11.4 Å². The van der Waals surface area contributed by atoms with Crippen molar-refractivity contribution < 1.29 is 4.79 Å². The smallest absolute Gasteiger partial charge is 0.222 e. The molecule has 2 N–H and O–H groups in total. The lowest BCUT2D eigenvalue weighted by Crippen LogP contribution is -2.28. The first kappa shape index (κ1) is 17.4. The summed E-state index contributed by atoms with van der Waals surface area (Å²) in [5, 5.41) is 7.32. The predicted octanol–water partition coefficient (Wildman–Crippen LogP) is 3.93. The van der Waals surface area contributed by atoms with Gasteiger partial charge in [-0.05, 0) is 25.0 Å². The molecule has 5 nitrogen and oxygen atoms in total. The maximum absolute atomic E-state index is 12.1. The monoisotopic (exact) mass is 354 g/mol. The molecule has 3 rings (SSSR count). The number of rotatable bonds is 7. The van der Waals surface area contributed by atoms with Crippen LogP contribution in [0.2, 0.25) is 0 Å². The molecular weight excluding hydrogens is 332 g/mol. The second-order valence-electron chi connectivity index (χ2n) is 5.88. The lowest BCUT2D eigenvalue weighted by atomic mass is 10.1. The van der Waals surface area contributed by atoms with Gasteiger partial charge in [-0.15, -0.1) is 11.3 Å². The number of aromatic nitrogens is 2. The Morgan fingerprint density at radius 1 is 1.24 bits per heavy atom. The molecule has 25 heavy (non-hydrogen) atoms. The van der Waals surface area contributed by atoms with Crippen LogP contribution in [0.5, 0.6) is 0 Å². The van der Waals surface area contributed by atoms with Gasteiger partial charge < -0.3 is 10.6 Å². The number of fused-ring (bicyclic) bond motifs is 1. The molecule has 1 atom stereocenters. The van der Waals surface area contributed by atoms with E-state index < -0.39 is 0 Å². The SMILES string of the molecule is CCc1cc2c(NCCC(=O)NC(C)c3ccccc3)ncnc2s1. The zero-order chi connectivity index (χ0) is 17.6. The number of nitrogens with zero attached hydrogens (tertiary/aromatic N) is 2. The van der Waals surface area contributed by atoms with E-state index in [0.29, 0.717) is 13.0 Å². The van der Waals surface area contributed by atoms with E-state index in [1.54, 1.807) is 17.7 Å². The average molecular weight is 354 g/mol. The maximum atomic E-state index is 12.1. The summed E-state index contributed by atoms with van der Waals surface area (Å²) in [6, 6.07) is 12.1. The Morgan fingerprint density at radius 3 is 2.80 bits per heavy atom. The molecule has 1 amide bonds. The summed E-state index contributed by atoms with van der Waals surface area (Å²) in [5.74, 6) is 0.818. The summed E-state index contributed by atoms with van der Waals surface area (Å²) in [6.45, 7) is 4.66. The number of anilines is 1. The van der Waals surface area contributed by atoms with Crippen LogP contribution in [-0.4, -0.2) is 22.4 Å². The Kier molecular flexibility index (Phi) is 5.60. The lowest BCUT2D eigenvalue weighted by molar-refractivity contribution is -0.121. The van der Waals surface area contributed by atoms with Crippen molar-refractivity contribution in [2.45, 2.75) is 32.7 Å². The van der Waals surface area contributed by atoms with Crippen molar-refractivity contribution in [3.63, 3.8) is 0 Å². The number of carbonyl (C=O) groups is 1. The van der Waals surface area contributed by atoms with Crippen molar-refractivity contribution in [3.8, 4) is 0 Å². The molecule has 1 aromatic carbocycles. The molecule has 0 bridgehead atoms. The minimum atomic E-state index is 0.00319. The van der Waals surface area contributed by atoms with Crippen LogP contribution >= 0.6 is 11.3 Å². The van der Waals surface area contributed by atoms with E-state index in [9.17, 15) is 4.79 Å². The van der Waals surface area contributed by atoms with E-state index in [1.165, 1.54) is 4.88 Å². The second kappa shape index (κ2) is 8.07. The minimum Gasteiger partial charge on any atom is -0.369 e. The third-order valence-corrected chi connectivity index (χ3v) is 5.24. The summed E-state index contributed by atoms with van der Waals surface area (Å²) < 4.78 is 0. The zero-order valence-corrected chi connectivity index (χ0v) is 15.3. The van der Waals surface area contributed by atoms with Gasteiger partial charge in [0, 0.05) is 17.8 Å². The standard InChI is InChI=1S/C19H22N4OS/c1-3-15-11-16-18(21-12-22-19(16)25-15)20-10-9-17(24)23-13(2)14-7-5-4-6-8-14/h4-8,11-13H,3,9-10H2,1-2H3,(H,23,24)(H,20,21,22). The van der Waals surface area contributed by atoms with Crippen LogP contribution in [0, 0.1) is 0 Å². The average Bonchev–Trinajstić information content (AvgIpc) is 3.06. The summed E-state index contributed by atoms with van der Waals surface area (Å²) in [5.41, 5.74) is 1.10. The van der Waals surface area contributed by atoms with Crippen LogP contribution in [0.15, 0.2) is 42.7 Å². The fourth-order valence-electron chi connectivity index (χ4n) is 2.65. The highest BCUT2D eigenvalue weighted by molar-refractivity contribution is 7.18. The number of benzene rings is 1. The van der Waals surface area contributed by atoms with Crippen LogP contribution in [0.4, 0.5) is 5.82 Å². The number of thiophene rings is 1. The highest BCUT2D eigenvalue weighted by Gasteiger charge is 2.10. The third-order valence-electron chi connectivity index (χ3n) is 4.05. The Bertz CT molecular complexity index is 847. The molecule has 0 aliphatic rings. The topological polar surface area (TPSA) is 66.9 Å². The van der Waals surface area contributed by atoms with E-state index in [0.717, 1.165) is 28.0 Å². The molecule has 130 valence electrons. The number of carbonyl (C=O) groups excluding carboxylic acids is 1. The van der Waals surface area contributed by atoms with Crippen molar-refractivity contribution in [1.82, 2.24) is 15.3 Å². The number of aryl methyl sites for hydroxylation is 1. The molecule has 0 radical (unpaired) electrons. The summed E-state index contributed by atoms with van der Waals surface area (Å²) >= 11 is 1.69. The molecule has 2 aromatic heterocycles. The molecule has 0 spiro atoms. The van der Waals surface area contributed by atoms with E-state index in [1.807, 2.05) is 37.3 Å². The van der Waals surface area contributed by atoms with Gasteiger partial charge in [0.1, 0.15) is 17.0 Å². The zero-order valence-electron chi connectivity index (χ0n) is 14.5. The van der Waals surface area contributed by atoms with E-state index in [2.05, 4.69) is 33.6 Å². The molecule has 1 unspecified atom stereocenters. The molecular formula is C19H22N4OS. The third kappa shape index (κ3) is 4.33. The van der Waals surface area contributed by atoms with Crippen LogP contribution in [0.1, 0.15) is 36.8 Å². The Labute approximate surface area is 151 Å². The normalized spacial score (nSPS) is 12.1. The number of nitrogens with one attached hydrogen (secondary N) is 2. The van der Waals surface area contributed by atoms with Gasteiger partial charge in [0.2, 0.25) is 5.91 Å². The quantitative estimate of drug-likeness (QED) is 0.674. The number of amides is 1. The first-order valence-corrected chi connectivity index (χ1v) is 9.30. The maximum Gasteiger partial charge on any atom is 0.222 e. The predicted molar refractivity (Wildman–Crippen MR) is 103 cm³/mol. The van der Waals surface area contributed by atoms with Crippen molar-refractivity contribution in [2.24, 2.45) is 0 Å². The fourth-order valence-corrected chi connectivity index (χ4v) is 3.59. The van der Waals surface area contributed by atoms with Gasteiger partial charge in [-0.3, -0.25) is 4.79 Å². The van der Waals surface area contributed by atoms with Crippen molar-refractivity contribution in [3.05, 3.63) is 53.2 Å². The van der Waals surface area contributed by atoms with Crippen molar-refractivity contribution in [2.75, 3.05) is 11.9 Å².